The number of aromatic nitrogens is 3. The highest BCUT2D eigenvalue weighted by Crippen LogP contribution is 2.30. The first kappa shape index (κ1) is 20.9. The number of H-pyrrole nitrogens is 1. The molecule has 3 aromatic rings. The highest BCUT2D eigenvalue weighted by Gasteiger charge is 2.32. The number of carbonyl (C=O) groups is 1. The van der Waals surface area contributed by atoms with Gasteiger partial charge in [0, 0.05) is 44.0 Å². The predicted molar refractivity (Wildman–Crippen MR) is 106 cm³/mol. The highest BCUT2D eigenvalue weighted by molar-refractivity contribution is 5.93. The summed E-state index contributed by atoms with van der Waals surface area (Å²) in [6.07, 6.45) is -0.517. The summed E-state index contributed by atoms with van der Waals surface area (Å²) < 4.78 is 43.7. The van der Waals surface area contributed by atoms with Crippen molar-refractivity contribution in [1.29, 1.82) is 0 Å². The molecule has 8 nitrogen and oxygen atoms in total. The first-order chi connectivity index (χ1) is 14.7. The lowest BCUT2D eigenvalue weighted by Gasteiger charge is -2.40. The first-order valence-corrected chi connectivity index (χ1v) is 9.65. The van der Waals surface area contributed by atoms with Crippen LogP contribution in [0.5, 0.6) is 0 Å². The van der Waals surface area contributed by atoms with E-state index in [4.69, 9.17) is 10.2 Å². The Bertz CT molecular complexity index is 1060. The van der Waals surface area contributed by atoms with Crippen molar-refractivity contribution in [3.8, 4) is 11.5 Å². The van der Waals surface area contributed by atoms with Gasteiger partial charge in [-0.25, -0.2) is 4.98 Å². The molecule has 3 N–H and O–H groups in total. The van der Waals surface area contributed by atoms with Crippen molar-refractivity contribution < 1.29 is 22.4 Å². The summed E-state index contributed by atoms with van der Waals surface area (Å²) in [5, 5.41) is 6.98. The van der Waals surface area contributed by atoms with Crippen LogP contribution in [-0.2, 0) is 12.7 Å². The molecule has 1 saturated heterocycles. The Morgan fingerprint density at radius 3 is 2.74 bits per heavy atom. The van der Waals surface area contributed by atoms with E-state index in [1.807, 2.05) is 11.8 Å². The number of primary amides is 1. The molecule has 1 atom stereocenters. The second-order valence-corrected chi connectivity index (χ2v) is 7.51. The van der Waals surface area contributed by atoms with Crippen LogP contribution in [0.2, 0.25) is 0 Å². The van der Waals surface area contributed by atoms with E-state index in [0.717, 1.165) is 17.8 Å². The fraction of sp³-hybridized carbons (Fsp3) is 0.350. The topological polar surface area (TPSA) is 104 Å². The van der Waals surface area contributed by atoms with Crippen LogP contribution < -0.4 is 10.6 Å². The summed E-state index contributed by atoms with van der Waals surface area (Å²) in [7, 11) is 0. The van der Waals surface area contributed by atoms with Gasteiger partial charge in [-0.3, -0.25) is 14.8 Å². The van der Waals surface area contributed by atoms with Crippen molar-refractivity contribution >= 4 is 11.7 Å². The third kappa shape index (κ3) is 4.41. The Hall–Kier alpha value is -3.34. The summed E-state index contributed by atoms with van der Waals surface area (Å²) in [6, 6.07) is 4.09. The number of hydrogen-bond donors (Lipinski definition) is 2. The number of nitrogens with two attached hydrogens (primary N) is 1. The number of nitrogens with one attached hydrogen (secondary N) is 1. The molecule has 0 bridgehead atoms. The Labute approximate surface area is 175 Å². The number of nitrogens with zero attached hydrogens (tertiary/aromatic N) is 4. The summed E-state index contributed by atoms with van der Waals surface area (Å²) in [6.45, 7) is 4.62. The van der Waals surface area contributed by atoms with Crippen molar-refractivity contribution in [1.82, 2.24) is 20.1 Å². The lowest BCUT2D eigenvalue weighted by Crippen LogP contribution is -2.51. The van der Waals surface area contributed by atoms with Crippen LogP contribution in [0.1, 0.15) is 28.4 Å². The van der Waals surface area contributed by atoms with Gasteiger partial charge < -0.3 is 15.1 Å². The zero-order chi connectivity index (χ0) is 22.2. The summed E-state index contributed by atoms with van der Waals surface area (Å²) >= 11 is 0. The Kier molecular flexibility index (Phi) is 5.44. The zero-order valence-electron chi connectivity index (χ0n) is 16.7. The molecule has 164 valence electrons. The van der Waals surface area contributed by atoms with E-state index in [-0.39, 0.29) is 11.6 Å². The smallest absolute Gasteiger partial charge is 0.417 e. The number of rotatable bonds is 5. The quantitative estimate of drug-likeness (QED) is 0.640. The van der Waals surface area contributed by atoms with Crippen LogP contribution in [0.3, 0.4) is 0 Å². The van der Waals surface area contributed by atoms with E-state index in [0.29, 0.717) is 43.5 Å². The number of carbonyl (C=O) groups excluding carboxylic acids is 1. The summed E-state index contributed by atoms with van der Waals surface area (Å²) in [5.41, 5.74) is 6.37. The van der Waals surface area contributed by atoms with Crippen molar-refractivity contribution in [2.45, 2.75) is 25.7 Å². The standard InChI is InChI=1S/C20H21F3N6O2/c1-12-9-28(4-5-29(12)17-3-2-15(8-25-17)20(21,22)23)10-14-7-26-27-18(14)16-6-13(11-31-16)19(24)30/h2-3,6-8,11-12H,4-5,9-10H2,1H3,(H2,24,30)(H,26,27). The normalized spacial score (nSPS) is 17.8. The molecule has 0 aliphatic carbocycles. The van der Waals surface area contributed by atoms with Gasteiger partial charge in [-0.1, -0.05) is 0 Å². The predicted octanol–water partition coefficient (Wildman–Crippen LogP) is 2.89. The minimum Gasteiger partial charge on any atom is -0.462 e. The van der Waals surface area contributed by atoms with Gasteiger partial charge in [0.25, 0.3) is 5.91 Å². The molecule has 0 radical (unpaired) electrons. The van der Waals surface area contributed by atoms with Gasteiger partial charge in [-0.2, -0.15) is 18.3 Å². The van der Waals surface area contributed by atoms with Crippen LogP contribution in [0.25, 0.3) is 11.5 Å². The maximum atomic E-state index is 12.8. The molecular weight excluding hydrogens is 413 g/mol. The largest absolute Gasteiger partial charge is 0.462 e. The molecule has 1 unspecified atom stereocenters. The minimum atomic E-state index is -4.40. The number of alkyl halides is 3. The Balaban J connectivity index is 1.42. The van der Waals surface area contributed by atoms with Gasteiger partial charge in [0.1, 0.15) is 17.8 Å². The van der Waals surface area contributed by atoms with Crippen LogP contribution in [0.15, 0.2) is 41.3 Å². The van der Waals surface area contributed by atoms with Crippen molar-refractivity contribution in [2.24, 2.45) is 5.73 Å². The second-order valence-electron chi connectivity index (χ2n) is 7.51. The molecule has 0 saturated carbocycles. The Morgan fingerprint density at radius 1 is 1.32 bits per heavy atom. The fourth-order valence-electron chi connectivity index (χ4n) is 3.72. The van der Waals surface area contributed by atoms with E-state index in [1.54, 1.807) is 12.3 Å². The molecule has 0 aromatic carbocycles. The molecular formula is C20H21F3N6O2. The van der Waals surface area contributed by atoms with Crippen LogP contribution in [-0.4, -0.2) is 51.7 Å². The number of hydrogen-bond acceptors (Lipinski definition) is 6. The SMILES string of the molecule is CC1CN(Cc2cn[nH]c2-c2cc(C(N)=O)co2)CCN1c1ccc(C(F)(F)F)cn1. The molecule has 4 heterocycles. The second kappa shape index (κ2) is 8.06. The average Bonchev–Trinajstić information content (AvgIpc) is 3.37. The maximum Gasteiger partial charge on any atom is 0.417 e. The number of halogens is 3. The first-order valence-electron chi connectivity index (χ1n) is 9.65. The fourth-order valence-corrected chi connectivity index (χ4v) is 3.72. The molecule has 0 spiro atoms. The van der Waals surface area contributed by atoms with E-state index >= 15 is 0 Å². The van der Waals surface area contributed by atoms with Crippen molar-refractivity contribution in [3.63, 3.8) is 0 Å². The Morgan fingerprint density at radius 2 is 2.13 bits per heavy atom. The molecule has 11 heteroatoms. The maximum absolute atomic E-state index is 12.8. The third-order valence-electron chi connectivity index (χ3n) is 5.32. The van der Waals surface area contributed by atoms with Crippen LogP contribution >= 0.6 is 0 Å². The van der Waals surface area contributed by atoms with Gasteiger partial charge in [-0.15, -0.1) is 0 Å². The average molecular weight is 434 g/mol. The molecule has 1 aliphatic rings. The van der Waals surface area contributed by atoms with Gasteiger partial charge in [-0.05, 0) is 25.1 Å². The summed E-state index contributed by atoms with van der Waals surface area (Å²) in [5.74, 6) is 0.429. The lowest BCUT2D eigenvalue weighted by molar-refractivity contribution is -0.137. The van der Waals surface area contributed by atoms with E-state index < -0.39 is 17.6 Å². The summed E-state index contributed by atoms with van der Waals surface area (Å²) in [4.78, 5) is 19.5. The zero-order valence-corrected chi connectivity index (χ0v) is 16.7. The van der Waals surface area contributed by atoms with Gasteiger partial charge in [0.15, 0.2) is 5.76 Å². The molecule has 1 amide bonds. The lowest BCUT2D eigenvalue weighted by atomic mass is 10.1. The highest BCUT2D eigenvalue weighted by atomic mass is 19.4. The molecule has 1 fully saturated rings. The number of pyridine rings is 1. The van der Waals surface area contributed by atoms with E-state index in [9.17, 15) is 18.0 Å². The van der Waals surface area contributed by atoms with Crippen LogP contribution in [0, 0.1) is 0 Å². The molecule has 4 rings (SSSR count). The van der Waals surface area contributed by atoms with E-state index in [1.165, 1.54) is 12.3 Å². The van der Waals surface area contributed by atoms with Crippen molar-refractivity contribution in [2.75, 3.05) is 24.5 Å². The number of furan rings is 1. The van der Waals surface area contributed by atoms with Crippen LogP contribution in [0.4, 0.5) is 19.0 Å². The van der Waals surface area contributed by atoms with E-state index in [2.05, 4.69) is 20.1 Å². The number of aromatic amines is 1. The van der Waals surface area contributed by atoms with Gasteiger partial charge in [0.2, 0.25) is 0 Å². The molecule has 31 heavy (non-hydrogen) atoms. The number of piperazine rings is 1. The van der Waals surface area contributed by atoms with Gasteiger partial charge in [0.05, 0.1) is 17.3 Å². The number of amides is 1. The molecule has 1 aliphatic heterocycles. The number of anilines is 1. The molecule has 3 aromatic heterocycles. The van der Waals surface area contributed by atoms with Gasteiger partial charge >= 0.3 is 6.18 Å². The minimum absolute atomic E-state index is 0.0541. The monoisotopic (exact) mass is 434 g/mol. The van der Waals surface area contributed by atoms with Crippen molar-refractivity contribution in [3.05, 3.63) is 53.5 Å². The third-order valence-corrected chi connectivity index (χ3v) is 5.32.